The zero-order chi connectivity index (χ0) is 11.0. The molecule has 0 amide bonds. The molecule has 76 valence electrons. The van der Waals surface area contributed by atoms with Crippen LogP contribution in [0.2, 0.25) is 0 Å². The molecular formula is C10H7NO4. The van der Waals surface area contributed by atoms with Crippen molar-refractivity contribution in [2.24, 2.45) is 0 Å². The van der Waals surface area contributed by atoms with Crippen LogP contribution < -0.4 is 5.56 Å². The van der Waals surface area contributed by atoms with Crippen LogP contribution in [0.5, 0.6) is 5.75 Å². The summed E-state index contributed by atoms with van der Waals surface area (Å²) in [6.45, 7) is 0. The van der Waals surface area contributed by atoms with Gasteiger partial charge in [-0.15, -0.1) is 0 Å². The van der Waals surface area contributed by atoms with E-state index in [4.69, 9.17) is 5.11 Å². The number of carboxylic acid groups (broad SMARTS) is 1. The highest BCUT2D eigenvalue weighted by Gasteiger charge is 2.16. The summed E-state index contributed by atoms with van der Waals surface area (Å²) in [5.74, 6) is -1.95. The summed E-state index contributed by atoms with van der Waals surface area (Å²) >= 11 is 0. The van der Waals surface area contributed by atoms with Crippen LogP contribution in [-0.2, 0) is 0 Å². The van der Waals surface area contributed by atoms with Crippen molar-refractivity contribution in [2.45, 2.75) is 0 Å². The number of aromatic carboxylic acids is 1. The average Bonchev–Trinajstić information content (AvgIpc) is 2.17. The van der Waals surface area contributed by atoms with Gasteiger partial charge in [0, 0.05) is 12.3 Å². The van der Waals surface area contributed by atoms with Crippen LogP contribution in [0.25, 0.3) is 5.52 Å². The van der Waals surface area contributed by atoms with E-state index in [1.165, 1.54) is 16.7 Å². The summed E-state index contributed by atoms with van der Waals surface area (Å²) in [6, 6.07) is 6.14. The molecule has 2 rings (SSSR count). The first-order valence-electron chi connectivity index (χ1n) is 4.18. The molecule has 15 heavy (non-hydrogen) atoms. The monoisotopic (exact) mass is 205 g/mol. The van der Waals surface area contributed by atoms with E-state index in [1.54, 1.807) is 18.2 Å². The lowest BCUT2D eigenvalue weighted by Crippen LogP contribution is -2.21. The standard InChI is InChI=1S/C10H7NO4/c12-7-5-6-3-1-2-4-11(6)9(13)8(7)10(14)15/h1-5,12H,(H,14,15). The first-order valence-corrected chi connectivity index (χ1v) is 4.18. The summed E-state index contributed by atoms with van der Waals surface area (Å²) < 4.78 is 1.17. The van der Waals surface area contributed by atoms with Crippen molar-refractivity contribution >= 4 is 11.5 Å². The number of fused-ring (bicyclic) bond motifs is 1. The van der Waals surface area contributed by atoms with Crippen molar-refractivity contribution in [1.29, 1.82) is 0 Å². The smallest absolute Gasteiger partial charge is 0.345 e. The molecule has 2 heterocycles. The van der Waals surface area contributed by atoms with Crippen molar-refractivity contribution in [1.82, 2.24) is 4.40 Å². The molecule has 0 saturated carbocycles. The average molecular weight is 205 g/mol. The second-order valence-electron chi connectivity index (χ2n) is 3.01. The number of rotatable bonds is 1. The van der Waals surface area contributed by atoms with Crippen LogP contribution in [0.4, 0.5) is 0 Å². The van der Waals surface area contributed by atoms with Crippen molar-refractivity contribution < 1.29 is 15.0 Å². The minimum Gasteiger partial charge on any atom is -0.507 e. The second kappa shape index (κ2) is 3.13. The highest BCUT2D eigenvalue weighted by molar-refractivity contribution is 5.91. The van der Waals surface area contributed by atoms with Crippen molar-refractivity contribution in [3.05, 3.63) is 46.4 Å². The van der Waals surface area contributed by atoms with Gasteiger partial charge in [-0.1, -0.05) is 6.07 Å². The number of aromatic hydroxyl groups is 1. The Bertz CT molecular complexity index is 600. The fraction of sp³-hybridized carbons (Fsp3) is 0. The Morgan fingerprint density at radius 3 is 2.73 bits per heavy atom. The molecule has 0 atom stereocenters. The van der Waals surface area contributed by atoms with E-state index in [0.29, 0.717) is 5.52 Å². The quantitative estimate of drug-likeness (QED) is 0.718. The highest BCUT2D eigenvalue weighted by atomic mass is 16.4. The van der Waals surface area contributed by atoms with Crippen molar-refractivity contribution in [3.8, 4) is 5.75 Å². The fourth-order valence-electron chi connectivity index (χ4n) is 1.40. The molecule has 0 saturated heterocycles. The summed E-state index contributed by atoms with van der Waals surface area (Å²) in [6.07, 6.45) is 1.45. The first kappa shape index (κ1) is 9.26. The third kappa shape index (κ3) is 1.34. The number of nitrogens with zero attached hydrogens (tertiary/aromatic N) is 1. The maximum absolute atomic E-state index is 11.6. The van der Waals surface area contributed by atoms with Gasteiger partial charge in [-0.25, -0.2) is 4.79 Å². The van der Waals surface area contributed by atoms with Crippen LogP contribution in [0.1, 0.15) is 10.4 Å². The normalized spacial score (nSPS) is 10.4. The zero-order valence-electron chi connectivity index (χ0n) is 7.54. The number of carboxylic acids is 1. The Balaban J connectivity index is 2.97. The van der Waals surface area contributed by atoms with Crippen LogP contribution in [-0.4, -0.2) is 20.6 Å². The van der Waals surface area contributed by atoms with Crippen LogP contribution in [0, 0.1) is 0 Å². The topological polar surface area (TPSA) is 79.0 Å². The molecule has 0 aliphatic carbocycles. The Kier molecular flexibility index (Phi) is 1.93. The number of hydrogen-bond donors (Lipinski definition) is 2. The zero-order valence-corrected chi connectivity index (χ0v) is 7.54. The molecule has 0 aromatic carbocycles. The minimum absolute atomic E-state index is 0.449. The van der Waals surface area contributed by atoms with Crippen LogP contribution >= 0.6 is 0 Å². The van der Waals surface area contributed by atoms with Gasteiger partial charge < -0.3 is 10.2 Å². The molecule has 2 N–H and O–H groups in total. The van der Waals surface area contributed by atoms with Gasteiger partial charge in [-0.2, -0.15) is 0 Å². The molecule has 0 bridgehead atoms. The molecular weight excluding hydrogens is 198 g/mol. The van der Waals surface area contributed by atoms with E-state index in [-0.39, 0.29) is 0 Å². The Labute approximate surface area is 83.8 Å². The number of carbonyl (C=O) groups is 1. The highest BCUT2D eigenvalue weighted by Crippen LogP contribution is 2.15. The van der Waals surface area contributed by atoms with Gasteiger partial charge >= 0.3 is 5.97 Å². The van der Waals surface area contributed by atoms with Gasteiger partial charge in [-0.3, -0.25) is 9.20 Å². The lowest BCUT2D eigenvalue weighted by atomic mass is 10.2. The maximum atomic E-state index is 11.6. The lowest BCUT2D eigenvalue weighted by Gasteiger charge is -2.03. The molecule has 0 radical (unpaired) electrons. The molecule has 5 nitrogen and oxygen atoms in total. The Morgan fingerprint density at radius 2 is 2.07 bits per heavy atom. The molecule has 0 spiro atoms. The predicted octanol–water partition coefficient (Wildman–Crippen LogP) is 0.703. The van der Waals surface area contributed by atoms with Gasteiger partial charge in [-0.05, 0) is 12.1 Å². The number of aromatic nitrogens is 1. The number of hydrogen-bond acceptors (Lipinski definition) is 3. The van der Waals surface area contributed by atoms with E-state index < -0.39 is 22.8 Å². The van der Waals surface area contributed by atoms with Crippen molar-refractivity contribution in [2.75, 3.05) is 0 Å². The molecule has 0 aliphatic rings. The van der Waals surface area contributed by atoms with E-state index in [9.17, 15) is 14.7 Å². The third-order valence-corrected chi connectivity index (χ3v) is 2.08. The van der Waals surface area contributed by atoms with Gasteiger partial charge in [0.15, 0.2) is 5.56 Å². The first-order chi connectivity index (χ1) is 7.11. The largest absolute Gasteiger partial charge is 0.507 e. The van der Waals surface area contributed by atoms with E-state index in [2.05, 4.69) is 0 Å². The van der Waals surface area contributed by atoms with Crippen LogP contribution in [0.3, 0.4) is 0 Å². The molecule has 0 fully saturated rings. The van der Waals surface area contributed by atoms with Gasteiger partial charge in [0.25, 0.3) is 5.56 Å². The molecule has 2 aromatic rings. The Hall–Kier alpha value is -2.30. The molecule has 2 aromatic heterocycles. The van der Waals surface area contributed by atoms with Crippen molar-refractivity contribution in [3.63, 3.8) is 0 Å². The maximum Gasteiger partial charge on any atom is 0.345 e. The summed E-state index contributed by atoms with van der Waals surface area (Å²) in [4.78, 5) is 22.3. The van der Waals surface area contributed by atoms with E-state index in [1.807, 2.05) is 0 Å². The minimum atomic E-state index is -1.43. The molecule has 0 aliphatic heterocycles. The molecule has 0 unspecified atom stereocenters. The third-order valence-electron chi connectivity index (χ3n) is 2.08. The van der Waals surface area contributed by atoms with Crippen LogP contribution in [0.15, 0.2) is 35.3 Å². The summed E-state index contributed by atoms with van der Waals surface area (Å²) in [7, 11) is 0. The lowest BCUT2D eigenvalue weighted by molar-refractivity contribution is 0.0691. The van der Waals surface area contributed by atoms with Gasteiger partial charge in [0.05, 0.1) is 5.52 Å². The van der Waals surface area contributed by atoms with Gasteiger partial charge in [0.2, 0.25) is 0 Å². The SMILES string of the molecule is O=C(O)c1c(O)cc2ccccn2c1=O. The number of pyridine rings is 2. The van der Waals surface area contributed by atoms with E-state index >= 15 is 0 Å². The van der Waals surface area contributed by atoms with Gasteiger partial charge in [0.1, 0.15) is 5.75 Å². The summed E-state index contributed by atoms with van der Waals surface area (Å²) in [5, 5.41) is 18.1. The predicted molar refractivity (Wildman–Crippen MR) is 52.3 cm³/mol. The van der Waals surface area contributed by atoms with E-state index in [0.717, 1.165) is 0 Å². The Morgan fingerprint density at radius 1 is 1.33 bits per heavy atom. The molecule has 5 heteroatoms. The summed E-state index contributed by atoms with van der Waals surface area (Å²) in [5.41, 5.74) is -0.901. The second-order valence-corrected chi connectivity index (χ2v) is 3.01. The fourth-order valence-corrected chi connectivity index (χ4v) is 1.40.